The van der Waals surface area contributed by atoms with Crippen molar-refractivity contribution in [3.8, 4) is 11.1 Å². The average molecular weight is 271 g/mol. The van der Waals surface area contributed by atoms with Crippen LogP contribution in [0.4, 0.5) is 0 Å². The van der Waals surface area contributed by atoms with E-state index in [4.69, 9.17) is 5.11 Å². The molecule has 2 rings (SSSR count). The summed E-state index contributed by atoms with van der Waals surface area (Å²) in [5, 5.41) is 11.1. The van der Waals surface area contributed by atoms with Gasteiger partial charge in [-0.2, -0.15) is 0 Å². The van der Waals surface area contributed by atoms with Crippen molar-refractivity contribution in [2.24, 2.45) is 0 Å². The summed E-state index contributed by atoms with van der Waals surface area (Å²) in [7, 11) is 0. The first-order chi connectivity index (χ1) is 9.58. The summed E-state index contributed by atoms with van der Waals surface area (Å²) in [5.41, 5.74) is 2.13. The van der Waals surface area contributed by atoms with Crippen LogP contribution >= 0.6 is 0 Å². The largest absolute Gasteiger partial charge is 0.480 e. The molecule has 0 spiro atoms. The fraction of sp³-hybridized carbons (Fsp3) is 0.143. The predicted molar refractivity (Wildman–Crippen MR) is 72.0 cm³/mol. The number of amides is 1. The van der Waals surface area contributed by atoms with Gasteiger partial charge in [0.15, 0.2) is 0 Å². The number of carbonyl (C=O) groups is 2. The summed E-state index contributed by atoms with van der Waals surface area (Å²) < 4.78 is 0. The van der Waals surface area contributed by atoms with Gasteiger partial charge in [-0.3, -0.25) is 9.59 Å². The number of hydrogen-bond donors (Lipinski definition) is 2. The van der Waals surface area contributed by atoms with Gasteiger partial charge in [-0.05, 0) is 24.6 Å². The van der Waals surface area contributed by atoms with Gasteiger partial charge in [0.05, 0.1) is 0 Å². The molecule has 0 aliphatic carbocycles. The van der Waals surface area contributed by atoms with Crippen LogP contribution in [-0.4, -0.2) is 33.0 Å². The van der Waals surface area contributed by atoms with Crippen molar-refractivity contribution in [1.82, 2.24) is 15.3 Å². The first kappa shape index (κ1) is 13.7. The zero-order valence-electron chi connectivity index (χ0n) is 10.8. The molecule has 6 nitrogen and oxygen atoms in total. The van der Waals surface area contributed by atoms with E-state index < -0.39 is 17.9 Å². The summed E-state index contributed by atoms with van der Waals surface area (Å²) in [6.07, 6.45) is 4.79. The van der Waals surface area contributed by atoms with Crippen LogP contribution in [0, 0.1) is 0 Å². The monoisotopic (exact) mass is 271 g/mol. The Kier molecular flexibility index (Phi) is 4.05. The molecule has 1 aromatic carbocycles. The third-order valence-electron chi connectivity index (χ3n) is 2.76. The summed E-state index contributed by atoms with van der Waals surface area (Å²) in [6, 6.07) is 5.86. The maximum Gasteiger partial charge on any atom is 0.325 e. The summed E-state index contributed by atoms with van der Waals surface area (Å²) in [6.45, 7) is 1.41. The Hall–Kier alpha value is -2.76. The number of carboxylic acid groups (broad SMARTS) is 1. The molecule has 1 unspecified atom stereocenters. The van der Waals surface area contributed by atoms with Crippen LogP contribution in [0.15, 0.2) is 43.0 Å². The highest BCUT2D eigenvalue weighted by Gasteiger charge is 2.15. The number of benzene rings is 1. The van der Waals surface area contributed by atoms with Crippen LogP contribution in [0.2, 0.25) is 0 Å². The standard InChI is InChI=1S/C14H13N3O3/c1-9(14(19)20)17-13(18)11-4-2-10(3-5-11)12-6-15-8-16-7-12/h2-9H,1H3,(H,17,18)(H,19,20). The number of aliphatic carboxylic acids is 1. The maximum atomic E-state index is 11.8. The maximum absolute atomic E-state index is 11.8. The first-order valence-electron chi connectivity index (χ1n) is 5.97. The third-order valence-corrected chi connectivity index (χ3v) is 2.76. The summed E-state index contributed by atoms with van der Waals surface area (Å²) in [4.78, 5) is 30.3. The molecule has 6 heteroatoms. The molecule has 0 bridgehead atoms. The molecule has 1 heterocycles. The van der Waals surface area contributed by atoms with Gasteiger partial charge < -0.3 is 10.4 Å². The normalized spacial score (nSPS) is 11.7. The zero-order chi connectivity index (χ0) is 14.5. The molecule has 20 heavy (non-hydrogen) atoms. The Bertz CT molecular complexity index is 611. The van der Waals surface area contributed by atoms with E-state index >= 15 is 0 Å². The van der Waals surface area contributed by atoms with E-state index in [0.29, 0.717) is 5.56 Å². The minimum absolute atomic E-state index is 0.402. The number of rotatable bonds is 4. The summed E-state index contributed by atoms with van der Waals surface area (Å²) >= 11 is 0. The highest BCUT2D eigenvalue weighted by Crippen LogP contribution is 2.17. The number of nitrogens with zero attached hydrogens (tertiary/aromatic N) is 2. The number of carbonyl (C=O) groups excluding carboxylic acids is 1. The van der Waals surface area contributed by atoms with E-state index in [2.05, 4.69) is 15.3 Å². The van der Waals surface area contributed by atoms with Crippen molar-refractivity contribution in [2.45, 2.75) is 13.0 Å². The van der Waals surface area contributed by atoms with E-state index in [1.165, 1.54) is 13.3 Å². The lowest BCUT2D eigenvalue weighted by atomic mass is 10.1. The number of carboxylic acids is 1. The number of hydrogen-bond acceptors (Lipinski definition) is 4. The minimum Gasteiger partial charge on any atom is -0.480 e. The average Bonchev–Trinajstić information content (AvgIpc) is 2.48. The Labute approximate surface area is 115 Å². The predicted octanol–water partition coefficient (Wildman–Crippen LogP) is 1.35. The third kappa shape index (κ3) is 3.17. The van der Waals surface area contributed by atoms with Gasteiger partial charge >= 0.3 is 5.97 Å². The van der Waals surface area contributed by atoms with Gasteiger partial charge in [0.25, 0.3) is 5.91 Å². The van der Waals surface area contributed by atoms with Gasteiger partial charge in [-0.1, -0.05) is 12.1 Å². The van der Waals surface area contributed by atoms with E-state index in [1.807, 2.05) is 0 Å². The smallest absolute Gasteiger partial charge is 0.325 e. The van der Waals surface area contributed by atoms with Gasteiger partial charge in [-0.25, -0.2) is 9.97 Å². The molecule has 1 aromatic heterocycles. The van der Waals surface area contributed by atoms with Crippen LogP contribution in [0.3, 0.4) is 0 Å². The van der Waals surface area contributed by atoms with Crippen LogP contribution in [0.25, 0.3) is 11.1 Å². The molecule has 0 aliphatic heterocycles. The van der Waals surface area contributed by atoms with Gasteiger partial charge in [-0.15, -0.1) is 0 Å². The fourth-order valence-corrected chi connectivity index (χ4v) is 1.60. The Morgan fingerprint density at radius 2 is 1.70 bits per heavy atom. The molecule has 0 saturated heterocycles. The highest BCUT2D eigenvalue weighted by atomic mass is 16.4. The fourth-order valence-electron chi connectivity index (χ4n) is 1.60. The van der Waals surface area contributed by atoms with Crippen LogP contribution < -0.4 is 5.32 Å². The van der Waals surface area contributed by atoms with E-state index in [9.17, 15) is 9.59 Å². The molecule has 102 valence electrons. The second-order valence-electron chi connectivity index (χ2n) is 4.24. The van der Waals surface area contributed by atoms with Gasteiger partial charge in [0.1, 0.15) is 12.4 Å². The van der Waals surface area contributed by atoms with Crippen molar-refractivity contribution in [2.75, 3.05) is 0 Å². The van der Waals surface area contributed by atoms with Gasteiger partial charge in [0.2, 0.25) is 0 Å². The Balaban J connectivity index is 2.12. The van der Waals surface area contributed by atoms with Crippen molar-refractivity contribution < 1.29 is 14.7 Å². The molecular formula is C14H13N3O3. The SMILES string of the molecule is CC(NC(=O)c1ccc(-c2cncnc2)cc1)C(=O)O. The Morgan fingerprint density at radius 3 is 2.25 bits per heavy atom. The van der Waals surface area contributed by atoms with Crippen molar-refractivity contribution in [1.29, 1.82) is 0 Å². The lowest BCUT2D eigenvalue weighted by Crippen LogP contribution is -2.38. The molecular weight excluding hydrogens is 258 g/mol. The number of aromatic nitrogens is 2. The molecule has 1 atom stereocenters. The summed E-state index contributed by atoms with van der Waals surface area (Å²) in [5.74, 6) is -1.49. The molecule has 2 aromatic rings. The minimum atomic E-state index is -1.07. The van der Waals surface area contributed by atoms with Crippen LogP contribution in [0.5, 0.6) is 0 Å². The second-order valence-corrected chi connectivity index (χ2v) is 4.24. The van der Waals surface area contributed by atoms with E-state index in [0.717, 1.165) is 11.1 Å². The van der Waals surface area contributed by atoms with Crippen molar-refractivity contribution >= 4 is 11.9 Å². The highest BCUT2D eigenvalue weighted by molar-refractivity contribution is 5.96. The molecule has 2 N–H and O–H groups in total. The van der Waals surface area contributed by atoms with Crippen LogP contribution in [-0.2, 0) is 4.79 Å². The second kappa shape index (κ2) is 5.92. The first-order valence-corrected chi connectivity index (χ1v) is 5.97. The lowest BCUT2D eigenvalue weighted by molar-refractivity contribution is -0.138. The van der Waals surface area contributed by atoms with Crippen molar-refractivity contribution in [3.63, 3.8) is 0 Å². The quantitative estimate of drug-likeness (QED) is 0.875. The Morgan fingerprint density at radius 1 is 1.10 bits per heavy atom. The van der Waals surface area contributed by atoms with Crippen molar-refractivity contribution in [3.05, 3.63) is 48.5 Å². The van der Waals surface area contributed by atoms with E-state index in [-0.39, 0.29) is 0 Å². The number of nitrogens with one attached hydrogen (secondary N) is 1. The molecule has 0 radical (unpaired) electrons. The molecule has 0 aliphatic rings. The zero-order valence-corrected chi connectivity index (χ0v) is 10.8. The lowest BCUT2D eigenvalue weighted by Gasteiger charge is -2.09. The topological polar surface area (TPSA) is 92.2 Å². The van der Waals surface area contributed by atoms with E-state index in [1.54, 1.807) is 36.7 Å². The van der Waals surface area contributed by atoms with Crippen LogP contribution in [0.1, 0.15) is 17.3 Å². The molecule has 0 fully saturated rings. The van der Waals surface area contributed by atoms with Gasteiger partial charge in [0, 0.05) is 23.5 Å². The molecule has 0 saturated carbocycles. The molecule has 1 amide bonds.